The van der Waals surface area contributed by atoms with E-state index in [1.165, 1.54) is 0 Å². The van der Waals surface area contributed by atoms with Crippen molar-refractivity contribution in [3.8, 4) is 5.75 Å². The smallest absolute Gasteiger partial charge is 0.321 e. The maximum Gasteiger partial charge on any atom is 0.321 e. The van der Waals surface area contributed by atoms with Crippen LogP contribution in [0.5, 0.6) is 5.75 Å². The van der Waals surface area contributed by atoms with Gasteiger partial charge in [-0.1, -0.05) is 12.1 Å². The topological polar surface area (TPSA) is 73.9 Å². The number of methoxy groups -OCH3 is 1. The highest BCUT2D eigenvalue weighted by atomic mass is 16.5. The van der Waals surface area contributed by atoms with E-state index < -0.39 is 0 Å². The van der Waals surface area contributed by atoms with Gasteiger partial charge in [0.1, 0.15) is 5.75 Å². The van der Waals surface area contributed by atoms with Crippen LogP contribution in [0.4, 0.5) is 10.5 Å². The third kappa shape index (κ3) is 4.42. The first-order chi connectivity index (χ1) is 12.1. The fourth-order valence-corrected chi connectivity index (χ4v) is 3.07. The van der Waals surface area contributed by atoms with Crippen molar-refractivity contribution in [2.24, 2.45) is 0 Å². The number of rotatable bonds is 5. The summed E-state index contributed by atoms with van der Waals surface area (Å²) >= 11 is 0. The summed E-state index contributed by atoms with van der Waals surface area (Å²) < 4.78 is 5.43. The lowest BCUT2D eigenvalue weighted by Crippen LogP contribution is -2.55. The van der Waals surface area contributed by atoms with Crippen molar-refractivity contribution in [1.29, 1.82) is 0 Å². The number of para-hydroxylation sites is 2. The van der Waals surface area contributed by atoms with Crippen molar-refractivity contribution in [2.45, 2.75) is 31.8 Å². The molecule has 1 aliphatic heterocycles. The molecule has 0 bridgehead atoms. The van der Waals surface area contributed by atoms with Gasteiger partial charge in [0.15, 0.2) is 0 Å². The Morgan fingerprint density at radius 1 is 1.16 bits per heavy atom. The Morgan fingerprint density at radius 2 is 1.84 bits per heavy atom. The summed E-state index contributed by atoms with van der Waals surface area (Å²) in [6.45, 7) is 4.99. The number of piperazine rings is 1. The summed E-state index contributed by atoms with van der Waals surface area (Å²) in [7, 11) is 1.67. The number of benzene rings is 1. The predicted molar refractivity (Wildman–Crippen MR) is 95.9 cm³/mol. The normalized spacial score (nSPS) is 19.2. The van der Waals surface area contributed by atoms with E-state index in [1.54, 1.807) is 7.11 Å². The van der Waals surface area contributed by atoms with E-state index in [1.807, 2.05) is 31.2 Å². The standard InChI is InChI=1S/C18H26N4O3/c1-13(17(23)20-18(24)19-14-7-8-14)21-9-11-22(12-10-21)15-5-3-4-6-16(15)25-2/h3-6,13-14H,7-12H2,1-2H3,(H2,19,20,23,24). The molecule has 1 saturated carbocycles. The maximum atomic E-state index is 12.3. The summed E-state index contributed by atoms with van der Waals surface area (Å²) in [6, 6.07) is 7.49. The zero-order valence-corrected chi connectivity index (χ0v) is 14.8. The molecule has 1 aliphatic carbocycles. The summed E-state index contributed by atoms with van der Waals surface area (Å²) in [5.74, 6) is 0.613. The Bertz CT molecular complexity index is 625. The molecule has 2 fully saturated rings. The number of nitrogens with one attached hydrogen (secondary N) is 2. The molecule has 1 atom stereocenters. The lowest BCUT2D eigenvalue weighted by Gasteiger charge is -2.38. The number of ether oxygens (including phenoxy) is 1. The van der Waals surface area contributed by atoms with Gasteiger partial charge in [-0.2, -0.15) is 0 Å². The van der Waals surface area contributed by atoms with Gasteiger partial charge in [-0.05, 0) is 31.9 Å². The number of carbonyl (C=O) groups is 2. The van der Waals surface area contributed by atoms with Crippen molar-refractivity contribution >= 4 is 17.6 Å². The van der Waals surface area contributed by atoms with E-state index in [0.717, 1.165) is 50.5 Å². The number of carbonyl (C=O) groups excluding carboxylic acids is 2. The molecular formula is C18H26N4O3. The molecule has 3 amide bonds. The largest absolute Gasteiger partial charge is 0.495 e. The monoisotopic (exact) mass is 346 g/mol. The summed E-state index contributed by atoms with van der Waals surface area (Å²) in [5, 5.41) is 5.22. The lowest BCUT2D eigenvalue weighted by atomic mass is 10.2. The quantitative estimate of drug-likeness (QED) is 0.838. The van der Waals surface area contributed by atoms with E-state index in [-0.39, 0.29) is 24.0 Å². The van der Waals surface area contributed by atoms with Crippen LogP contribution in [-0.2, 0) is 4.79 Å². The van der Waals surface area contributed by atoms with Crippen molar-refractivity contribution in [3.05, 3.63) is 24.3 Å². The minimum Gasteiger partial charge on any atom is -0.495 e. The maximum absolute atomic E-state index is 12.3. The molecule has 7 nitrogen and oxygen atoms in total. The van der Waals surface area contributed by atoms with Gasteiger partial charge in [-0.15, -0.1) is 0 Å². The van der Waals surface area contributed by atoms with Gasteiger partial charge in [-0.25, -0.2) is 4.79 Å². The fraction of sp³-hybridized carbons (Fsp3) is 0.556. The van der Waals surface area contributed by atoms with E-state index in [9.17, 15) is 9.59 Å². The van der Waals surface area contributed by atoms with E-state index in [2.05, 4.69) is 20.4 Å². The molecule has 1 heterocycles. The van der Waals surface area contributed by atoms with Crippen molar-refractivity contribution < 1.29 is 14.3 Å². The first-order valence-electron chi connectivity index (χ1n) is 8.82. The van der Waals surface area contributed by atoms with Crippen LogP contribution in [0.15, 0.2) is 24.3 Å². The number of nitrogens with zero attached hydrogens (tertiary/aromatic N) is 2. The second-order valence-electron chi connectivity index (χ2n) is 6.61. The van der Waals surface area contributed by atoms with E-state index in [0.29, 0.717) is 0 Å². The van der Waals surface area contributed by atoms with Gasteiger partial charge in [0.25, 0.3) is 0 Å². The number of imide groups is 1. The molecule has 0 spiro atoms. The first-order valence-corrected chi connectivity index (χ1v) is 8.82. The minimum absolute atomic E-state index is 0.243. The summed E-state index contributed by atoms with van der Waals surface area (Å²) in [6.07, 6.45) is 2.00. The highest BCUT2D eigenvalue weighted by Crippen LogP contribution is 2.28. The molecule has 2 N–H and O–H groups in total. The summed E-state index contributed by atoms with van der Waals surface area (Å²) in [5.41, 5.74) is 1.07. The molecule has 0 radical (unpaired) electrons. The Kier molecular flexibility index (Phi) is 5.43. The van der Waals surface area contributed by atoms with Crippen LogP contribution in [0.2, 0.25) is 0 Å². The third-order valence-electron chi connectivity index (χ3n) is 4.82. The molecule has 1 aromatic rings. The highest BCUT2D eigenvalue weighted by Gasteiger charge is 2.29. The lowest BCUT2D eigenvalue weighted by molar-refractivity contribution is -0.124. The second kappa shape index (κ2) is 7.74. The molecule has 7 heteroatoms. The molecule has 0 aromatic heterocycles. The predicted octanol–water partition coefficient (Wildman–Crippen LogP) is 1.19. The molecule has 25 heavy (non-hydrogen) atoms. The van der Waals surface area contributed by atoms with Gasteiger partial charge >= 0.3 is 6.03 Å². The van der Waals surface area contributed by atoms with Crippen LogP contribution in [0.3, 0.4) is 0 Å². The van der Waals surface area contributed by atoms with Crippen molar-refractivity contribution in [1.82, 2.24) is 15.5 Å². The molecule has 1 aromatic carbocycles. The fourth-order valence-electron chi connectivity index (χ4n) is 3.07. The number of anilines is 1. The average Bonchev–Trinajstić information content (AvgIpc) is 3.45. The zero-order valence-electron chi connectivity index (χ0n) is 14.8. The highest BCUT2D eigenvalue weighted by molar-refractivity contribution is 5.97. The molecule has 3 rings (SSSR count). The SMILES string of the molecule is COc1ccccc1N1CCN(C(C)C(=O)NC(=O)NC2CC2)CC1. The Hall–Kier alpha value is -2.28. The van der Waals surface area contributed by atoms with Crippen LogP contribution in [-0.4, -0.2) is 62.2 Å². The number of hydrogen-bond acceptors (Lipinski definition) is 5. The molecule has 1 saturated heterocycles. The van der Waals surface area contributed by atoms with Gasteiger partial charge < -0.3 is 15.0 Å². The van der Waals surface area contributed by atoms with Gasteiger partial charge in [0.05, 0.1) is 18.8 Å². The molecule has 1 unspecified atom stereocenters. The average molecular weight is 346 g/mol. The van der Waals surface area contributed by atoms with Crippen LogP contribution in [0.1, 0.15) is 19.8 Å². The van der Waals surface area contributed by atoms with Crippen molar-refractivity contribution in [2.75, 3.05) is 38.2 Å². The Labute approximate surface area is 148 Å². The van der Waals surface area contributed by atoms with Crippen LogP contribution < -0.4 is 20.3 Å². The van der Waals surface area contributed by atoms with Gasteiger partial charge in [0, 0.05) is 32.2 Å². The van der Waals surface area contributed by atoms with Crippen LogP contribution in [0.25, 0.3) is 0 Å². The number of hydrogen-bond donors (Lipinski definition) is 2. The van der Waals surface area contributed by atoms with Crippen LogP contribution in [0, 0.1) is 0 Å². The van der Waals surface area contributed by atoms with E-state index in [4.69, 9.17) is 4.74 Å². The molecule has 136 valence electrons. The second-order valence-corrected chi connectivity index (χ2v) is 6.61. The van der Waals surface area contributed by atoms with Gasteiger partial charge in [-0.3, -0.25) is 15.0 Å². The molecule has 2 aliphatic rings. The molecular weight excluding hydrogens is 320 g/mol. The zero-order chi connectivity index (χ0) is 17.8. The Balaban J connectivity index is 1.50. The summed E-state index contributed by atoms with van der Waals surface area (Å²) in [4.78, 5) is 28.3. The van der Waals surface area contributed by atoms with Crippen molar-refractivity contribution in [3.63, 3.8) is 0 Å². The van der Waals surface area contributed by atoms with E-state index >= 15 is 0 Å². The Morgan fingerprint density at radius 3 is 2.48 bits per heavy atom. The number of amides is 3. The number of urea groups is 1. The van der Waals surface area contributed by atoms with Crippen LogP contribution >= 0.6 is 0 Å². The minimum atomic E-state index is -0.382. The first kappa shape index (κ1) is 17.5. The third-order valence-corrected chi connectivity index (χ3v) is 4.82. The van der Waals surface area contributed by atoms with Gasteiger partial charge in [0.2, 0.25) is 5.91 Å².